The normalized spacial score (nSPS) is 12.3. The third kappa shape index (κ3) is 3.99. The molecule has 0 aliphatic heterocycles. The summed E-state index contributed by atoms with van der Waals surface area (Å²) in [5.74, 6) is -0.690. The number of amides is 1. The molecular weight excluding hydrogens is 348 g/mol. The Morgan fingerprint density at radius 3 is 2.46 bits per heavy atom. The minimum atomic E-state index is -0.423. The Morgan fingerprint density at radius 2 is 1.92 bits per heavy atom. The number of aromatic nitrogens is 1. The van der Waals surface area contributed by atoms with E-state index in [1.807, 2.05) is 13.0 Å². The van der Waals surface area contributed by atoms with Gasteiger partial charge in [0.25, 0.3) is 5.91 Å². The Bertz CT molecular complexity index is 764. The molecule has 2 N–H and O–H groups in total. The highest BCUT2D eigenvalue weighted by Gasteiger charge is 2.24. The molecule has 1 atom stereocenters. The van der Waals surface area contributed by atoms with Crippen LogP contribution in [-0.2, 0) is 4.74 Å². The Morgan fingerprint density at radius 1 is 1.25 bits per heavy atom. The van der Waals surface area contributed by atoms with Crippen molar-refractivity contribution in [2.45, 2.75) is 46.8 Å². The van der Waals surface area contributed by atoms with Crippen molar-refractivity contribution in [2.24, 2.45) is 0 Å². The second-order valence-electron chi connectivity index (χ2n) is 5.92. The average Bonchev–Trinajstić information content (AvgIpc) is 3.02. The lowest BCUT2D eigenvalue weighted by Gasteiger charge is -2.12. The number of carbonyl (C=O) groups is 2. The van der Waals surface area contributed by atoms with Crippen LogP contribution in [0.2, 0.25) is 4.34 Å². The molecule has 2 aromatic rings. The van der Waals surface area contributed by atoms with E-state index in [4.69, 9.17) is 16.3 Å². The number of ether oxygens (including phenoxy) is 1. The Kier molecular flexibility index (Phi) is 5.72. The molecule has 2 aromatic heterocycles. The van der Waals surface area contributed by atoms with Gasteiger partial charge in [0.05, 0.1) is 22.0 Å². The summed E-state index contributed by atoms with van der Waals surface area (Å²) in [6.07, 6.45) is -0.216. The molecule has 0 bridgehead atoms. The SMILES string of the molecule is Cc1[nH]c(C(=O)NC(C)c2ccc(Cl)s2)c(C)c1C(=O)OC(C)C. The highest BCUT2D eigenvalue weighted by atomic mass is 35.5. The minimum Gasteiger partial charge on any atom is -0.459 e. The smallest absolute Gasteiger partial charge is 0.340 e. The lowest BCUT2D eigenvalue weighted by molar-refractivity contribution is 0.0376. The van der Waals surface area contributed by atoms with Gasteiger partial charge in [0, 0.05) is 10.6 Å². The third-order valence-electron chi connectivity index (χ3n) is 3.58. The van der Waals surface area contributed by atoms with E-state index in [1.54, 1.807) is 33.8 Å². The van der Waals surface area contributed by atoms with E-state index in [9.17, 15) is 9.59 Å². The molecule has 0 aliphatic carbocycles. The summed E-state index contributed by atoms with van der Waals surface area (Å²) in [6, 6.07) is 3.51. The maximum Gasteiger partial charge on any atom is 0.340 e. The summed E-state index contributed by atoms with van der Waals surface area (Å²) >= 11 is 7.36. The monoisotopic (exact) mass is 368 g/mol. The van der Waals surface area contributed by atoms with Crippen LogP contribution >= 0.6 is 22.9 Å². The van der Waals surface area contributed by atoms with Gasteiger partial charge < -0.3 is 15.0 Å². The first-order valence-corrected chi connectivity index (χ1v) is 8.86. The maximum absolute atomic E-state index is 12.5. The van der Waals surface area contributed by atoms with E-state index in [1.165, 1.54) is 11.3 Å². The van der Waals surface area contributed by atoms with Crippen LogP contribution in [0, 0.1) is 13.8 Å². The van der Waals surface area contributed by atoms with E-state index in [0.29, 0.717) is 26.9 Å². The van der Waals surface area contributed by atoms with Gasteiger partial charge in [-0.15, -0.1) is 11.3 Å². The number of nitrogens with one attached hydrogen (secondary N) is 2. The van der Waals surface area contributed by atoms with Crippen molar-refractivity contribution < 1.29 is 14.3 Å². The molecule has 2 heterocycles. The van der Waals surface area contributed by atoms with Gasteiger partial charge in [0.1, 0.15) is 5.69 Å². The van der Waals surface area contributed by atoms with Gasteiger partial charge >= 0.3 is 5.97 Å². The van der Waals surface area contributed by atoms with Crippen LogP contribution in [0.5, 0.6) is 0 Å². The molecule has 0 fully saturated rings. The lowest BCUT2D eigenvalue weighted by atomic mass is 10.1. The van der Waals surface area contributed by atoms with Crippen molar-refractivity contribution >= 4 is 34.8 Å². The number of carbonyl (C=O) groups excluding carboxylic acids is 2. The molecule has 0 saturated heterocycles. The summed E-state index contributed by atoms with van der Waals surface area (Å²) in [4.78, 5) is 28.7. The number of rotatable bonds is 5. The molecule has 0 aromatic carbocycles. The lowest BCUT2D eigenvalue weighted by Crippen LogP contribution is -2.27. The number of hydrogen-bond donors (Lipinski definition) is 2. The van der Waals surface area contributed by atoms with Crippen molar-refractivity contribution in [2.75, 3.05) is 0 Å². The number of aryl methyl sites for hydroxylation is 1. The molecule has 0 spiro atoms. The van der Waals surface area contributed by atoms with Crippen molar-refractivity contribution in [1.29, 1.82) is 0 Å². The van der Waals surface area contributed by atoms with E-state index in [-0.39, 0.29) is 18.1 Å². The third-order valence-corrected chi connectivity index (χ3v) is 4.99. The molecule has 1 amide bonds. The highest BCUT2D eigenvalue weighted by Crippen LogP contribution is 2.27. The summed E-state index contributed by atoms with van der Waals surface area (Å²) in [5.41, 5.74) is 2.00. The number of thiophene rings is 1. The standard InChI is InChI=1S/C17H21ClN2O3S/c1-8(2)23-17(22)14-9(3)15(19-11(14)5)16(21)20-10(4)12-6-7-13(18)24-12/h6-8,10,19H,1-5H3,(H,20,21). The second kappa shape index (κ2) is 7.40. The fourth-order valence-corrected chi connectivity index (χ4v) is 3.52. The van der Waals surface area contributed by atoms with Crippen LogP contribution in [0.25, 0.3) is 0 Å². The second-order valence-corrected chi connectivity index (χ2v) is 7.66. The Hall–Kier alpha value is -1.79. The Balaban J connectivity index is 2.20. The molecule has 0 radical (unpaired) electrons. The zero-order chi connectivity index (χ0) is 18.0. The van der Waals surface area contributed by atoms with Crippen molar-refractivity contribution in [3.05, 3.63) is 43.9 Å². The molecule has 1 unspecified atom stereocenters. The zero-order valence-electron chi connectivity index (χ0n) is 14.3. The predicted octanol–water partition coefficient (Wildman–Crippen LogP) is 4.40. The molecule has 130 valence electrons. The number of esters is 1. The van der Waals surface area contributed by atoms with Crippen LogP contribution in [0.1, 0.15) is 63.8 Å². The maximum atomic E-state index is 12.5. The molecule has 0 aliphatic rings. The van der Waals surface area contributed by atoms with Gasteiger partial charge in [-0.3, -0.25) is 4.79 Å². The summed E-state index contributed by atoms with van der Waals surface area (Å²) < 4.78 is 5.92. The summed E-state index contributed by atoms with van der Waals surface area (Å²) in [6.45, 7) is 8.96. The first kappa shape index (κ1) is 18.5. The van der Waals surface area contributed by atoms with Gasteiger partial charge in [-0.25, -0.2) is 4.79 Å². The highest BCUT2D eigenvalue weighted by molar-refractivity contribution is 7.16. The molecular formula is C17H21ClN2O3S. The van der Waals surface area contributed by atoms with E-state index in [2.05, 4.69) is 10.3 Å². The van der Waals surface area contributed by atoms with Crippen LogP contribution < -0.4 is 5.32 Å². The predicted molar refractivity (Wildman–Crippen MR) is 96.0 cm³/mol. The molecule has 5 nitrogen and oxygen atoms in total. The summed E-state index contributed by atoms with van der Waals surface area (Å²) in [7, 11) is 0. The number of H-pyrrole nitrogens is 1. The number of aromatic amines is 1. The van der Waals surface area contributed by atoms with Gasteiger partial charge in [-0.1, -0.05) is 11.6 Å². The first-order valence-electron chi connectivity index (χ1n) is 7.67. The first-order chi connectivity index (χ1) is 11.2. The van der Waals surface area contributed by atoms with Crippen LogP contribution in [-0.4, -0.2) is 23.0 Å². The van der Waals surface area contributed by atoms with Gasteiger partial charge in [0.2, 0.25) is 0 Å². The van der Waals surface area contributed by atoms with Crippen molar-refractivity contribution in [3.63, 3.8) is 0 Å². The quantitative estimate of drug-likeness (QED) is 0.768. The molecule has 2 rings (SSSR count). The van der Waals surface area contributed by atoms with Crippen LogP contribution in [0.4, 0.5) is 0 Å². The van der Waals surface area contributed by atoms with Gasteiger partial charge in [-0.05, 0) is 52.3 Å². The largest absolute Gasteiger partial charge is 0.459 e. The number of halogens is 1. The summed E-state index contributed by atoms with van der Waals surface area (Å²) in [5, 5.41) is 2.92. The van der Waals surface area contributed by atoms with Gasteiger partial charge in [0.15, 0.2) is 0 Å². The molecule has 0 saturated carbocycles. The topological polar surface area (TPSA) is 71.2 Å². The van der Waals surface area contributed by atoms with E-state index >= 15 is 0 Å². The average molecular weight is 369 g/mol. The van der Waals surface area contributed by atoms with E-state index < -0.39 is 5.97 Å². The van der Waals surface area contributed by atoms with Crippen LogP contribution in [0.3, 0.4) is 0 Å². The van der Waals surface area contributed by atoms with E-state index in [0.717, 1.165) is 4.88 Å². The molecule has 7 heteroatoms. The number of hydrogen-bond acceptors (Lipinski definition) is 4. The van der Waals surface area contributed by atoms with Gasteiger partial charge in [-0.2, -0.15) is 0 Å². The van der Waals surface area contributed by atoms with Crippen molar-refractivity contribution in [3.8, 4) is 0 Å². The fourth-order valence-electron chi connectivity index (χ4n) is 2.46. The molecule has 24 heavy (non-hydrogen) atoms. The Labute approximate surface area is 150 Å². The zero-order valence-corrected chi connectivity index (χ0v) is 15.9. The minimum absolute atomic E-state index is 0.177. The van der Waals surface area contributed by atoms with Crippen molar-refractivity contribution in [1.82, 2.24) is 10.3 Å². The van der Waals surface area contributed by atoms with Crippen LogP contribution in [0.15, 0.2) is 12.1 Å². The fraction of sp³-hybridized carbons (Fsp3) is 0.412.